The molecule has 0 atom stereocenters. The Balaban J connectivity index is 2.17. The SMILES string of the molecule is O=C(O)/C1=C2C=C/C(=C\C=C3\C=CC(=C1)CC3)CC/2. The zero-order valence-corrected chi connectivity index (χ0v) is 10.7. The molecule has 6 aliphatic carbocycles. The normalized spacial score (nSPS) is 30.8. The number of allylic oxidation sites excluding steroid dienone is 10. The molecule has 0 aromatic carbocycles. The molecule has 6 rings (SSSR count). The number of aliphatic carboxylic acids is 1. The van der Waals surface area contributed by atoms with Gasteiger partial charge in [-0.1, -0.05) is 36.5 Å². The molecule has 0 aromatic heterocycles. The maximum absolute atomic E-state index is 11.4. The molecule has 0 aliphatic heterocycles. The van der Waals surface area contributed by atoms with Crippen LogP contribution in [0.4, 0.5) is 0 Å². The van der Waals surface area contributed by atoms with Crippen LogP contribution in [0.3, 0.4) is 0 Å². The Morgan fingerprint density at radius 3 is 1.95 bits per heavy atom. The molecule has 4 bridgehead atoms. The van der Waals surface area contributed by atoms with Crippen LogP contribution in [0.2, 0.25) is 0 Å². The number of carbonyl (C=O) groups is 1. The molecule has 2 heteroatoms. The Hall–Kier alpha value is -2.09. The van der Waals surface area contributed by atoms with E-state index >= 15 is 0 Å². The van der Waals surface area contributed by atoms with Gasteiger partial charge in [0.05, 0.1) is 5.57 Å². The largest absolute Gasteiger partial charge is 0.478 e. The average Bonchev–Trinajstić information content (AvgIpc) is 2.42. The minimum Gasteiger partial charge on any atom is -0.478 e. The first kappa shape index (κ1) is 12.0. The highest BCUT2D eigenvalue weighted by molar-refractivity contribution is 5.92. The van der Waals surface area contributed by atoms with Crippen molar-refractivity contribution in [2.75, 3.05) is 0 Å². The molecule has 0 aromatic rings. The molecule has 0 saturated carbocycles. The van der Waals surface area contributed by atoms with Gasteiger partial charge < -0.3 is 5.11 Å². The first-order chi connectivity index (χ1) is 9.22. The lowest BCUT2D eigenvalue weighted by atomic mass is 9.89. The summed E-state index contributed by atoms with van der Waals surface area (Å²) >= 11 is 0. The number of hydrogen-bond donors (Lipinski definition) is 1. The van der Waals surface area contributed by atoms with Gasteiger partial charge in [-0.15, -0.1) is 0 Å². The van der Waals surface area contributed by atoms with Crippen molar-refractivity contribution in [1.82, 2.24) is 0 Å². The van der Waals surface area contributed by atoms with Crippen LogP contribution in [0.25, 0.3) is 0 Å². The van der Waals surface area contributed by atoms with Gasteiger partial charge in [0, 0.05) is 0 Å². The summed E-state index contributed by atoms with van der Waals surface area (Å²) in [6.07, 6.45) is 17.9. The first-order valence-corrected chi connectivity index (χ1v) is 6.65. The predicted molar refractivity (Wildman–Crippen MR) is 75.7 cm³/mol. The second kappa shape index (κ2) is 4.88. The van der Waals surface area contributed by atoms with Gasteiger partial charge in [0.1, 0.15) is 0 Å². The van der Waals surface area contributed by atoms with Crippen molar-refractivity contribution in [1.29, 1.82) is 0 Å². The van der Waals surface area contributed by atoms with E-state index in [4.69, 9.17) is 0 Å². The molecule has 0 spiro atoms. The topological polar surface area (TPSA) is 37.3 Å². The summed E-state index contributed by atoms with van der Waals surface area (Å²) in [6, 6.07) is 0. The fourth-order valence-electron chi connectivity index (χ4n) is 2.64. The van der Waals surface area contributed by atoms with Crippen LogP contribution in [-0.2, 0) is 4.79 Å². The van der Waals surface area contributed by atoms with E-state index < -0.39 is 5.97 Å². The molecular weight excluding hydrogens is 236 g/mol. The van der Waals surface area contributed by atoms with E-state index in [0.29, 0.717) is 5.57 Å². The lowest BCUT2D eigenvalue weighted by Gasteiger charge is -2.16. The Morgan fingerprint density at radius 2 is 1.42 bits per heavy atom. The Kier molecular flexibility index (Phi) is 3.08. The maximum Gasteiger partial charge on any atom is 0.335 e. The van der Waals surface area contributed by atoms with Crippen LogP contribution in [0, 0.1) is 0 Å². The van der Waals surface area contributed by atoms with Gasteiger partial charge in [0.25, 0.3) is 0 Å². The molecule has 0 saturated heterocycles. The third-order valence-electron chi connectivity index (χ3n) is 3.81. The highest BCUT2D eigenvalue weighted by atomic mass is 16.4. The third kappa shape index (κ3) is 2.53. The lowest BCUT2D eigenvalue weighted by molar-refractivity contribution is -0.132. The lowest BCUT2D eigenvalue weighted by Crippen LogP contribution is -2.06. The van der Waals surface area contributed by atoms with Gasteiger partial charge >= 0.3 is 5.97 Å². The molecule has 6 aliphatic rings. The molecule has 1 N–H and O–H groups in total. The Labute approximate surface area is 112 Å². The second-order valence-corrected chi connectivity index (χ2v) is 5.11. The van der Waals surface area contributed by atoms with E-state index in [-0.39, 0.29) is 0 Å². The fraction of sp³-hybridized carbons (Fsp3) is 0.235. The molecule has 0 unspecified atom stereocenters. The second-order valence-electron chi connectivity index (χ2n) is 5.11. The fourth-order valence-corrected chi connectivity index (χ4v) is 2.64. The zero-order chi connectivity index (χ0) is 13.2. The minimum atomic E-state index is -0.827. The molecule has 0 fully saturated rings. The third-order valence-corrected chi connectivity index (χ3v) is 3.81. The van der Waals surface area contributed by atoms with Gasteiger partial charge in [0.2, 0.25) is 0 Å². The summed E-state index contributed by atoms with van der Waals surface area (Å²) in [6.45, 7) is 0. The van der Waals surface area contributed by atoms with E-state index in [1.165, 1.54) is 11.1 Å². The van der Waals surface area contributed by atoms with Crippen LogP contribution < -0.4 is 0 Å². The molecule has 2 nitrogen and oxygen atoms in total. The maximum atomic E-state index is 11.4. The van der Waals surface area contributed by atoms with Gasteiger partial charge in [-0.2, -0.15) is 0 Å². The summed E-state index contributed by atoms with van der Waals surface area (Å²) in [5.74, 6) is -0.827. The summed E-state index contributed by atoms with van der Waals surface area (Å²) in [5.41, 5.74) is 5.06. The number of carboxylic acids is 1. The van der Waals surface area contributed by atoms with Crippen molar-refractivity contribution in [2.45, 2.75) is 25.7 Å². The highest BCUT2D eigenvalue weighted by Crippen LogP contribution is 2.29. The van der Waals surface area contributed by atoms with E-state index in [9.17, 15) is 9.90 Å². The number of hydrogen-bond acceptors (Lipinski definition) is 1. The van der Waals surface area contributed by atoms with E-state index in [2.05, 4.69) is 18.2 Å². The molecule has 0 amide bonds. The van der Waals surface area contributed by atoms with E-state index in [1.54, 1.807) is 0 Å². The van der Waals surface area contributed by atoms with Gasteiger partial charge in [-0.3, -0.25) is 0 Å². The van der Waals surface area contributed by atoms with Crippen LogP contribution in [0.5, 0.6) is 0 Å². The standard InChI is InChI=1S/C17H16O2/c18-17(19)16-11-14-5-3-12(4-6-14)1-2-13-7-9-15(16)10-8-13/h1-3,5,7,9,11H,4,6,8,10H2,(H,18,19)/b2-1?,12-1-,13-2+,14-11?,16-11?,16-15-. The van der Waals surface area contributed by atoms with Gasteiger partial charge in [-0.25, -0.2) is 4.79 Å². The Bertz CT molecular complexity index is 607. The van der Waals surface area contributed by atoms with Crippen molar-refractivity contribution in [3.05, 3.63) is 70.4 Å². The van der Waals surface area contributed by atoms with Crippen LogP contribution in [0.1, 0.15) is 25.7 Å². The Morgan fingerprint density at radius 1 is 0.842 bits per heavy atom. The van der Waals surface area contributed by atoms with Crippen molar-refractivity contribution >= 4 is 5.97 Å². The minimum absolute atomic E-state index is 0.447. The summed E-state index contributed by atoms with van der Waals surface area (Å²) in [7, 11) is 0. The summed E-state index contributed by atoms with van der Waals surface area (Å²) in [4.78, 5) is 11.4. The molecule has 19 heavy (non-hydrogen) atoms. The number of carboxylic acid groups (broad SMARTS) is 1. The zero-order valence-electron chi connectivity index (χ0n) is 10.7. The van der Waals surface area contributed by atoms with Gasteiger partial charge in [0.15, 0.2) is 0 Å². The van der Waals surface area contributed by atoms with Crippen molar-refractivity contribution in [2.24, 2.45) is 0 Å². The first-order valence-electron chi connectivity index (χ1n) is 6.65. The summed E-state index contributed by atoms with van der Waals surface area (Å²) in [5, 5.41) is 9.40. The quantitative estimate of drug-likeness (QED) is 0.769. The molecule has 0 heterocycles. The van der Waals surface area contributed by atoms with Crippen molar-refractivity contribution in [3.8, 4) is 0 Å². The monoisotopic (exact) mass is 252 g/mol. The summed E-state index contributed by atoms with van der Waals surface area (Å²) < 4.78 is 0. The van der Waals surface area contributed by atoms with Crippen LogP contribution in [0.15, 0.2) is 70.4 Å². The van der Waals surface area contributed by atoms with E-state index in [0.717, 1.165) is 36.8 Å². The highest BCUT2D eigenvalue weighted by Gasteiger charge is 2.15. The van der Waals surface area contributed by atoms with Crippen molar-refractivity contribution < 1.29 is 9.90 Å². The predicted octanol–water partition coefficient (Wildman–Crippen LogP) is 3.86. The smallest absolute Gasteiger partial charge is 0.335 e. The number of rotatable bonds is 1. The van der Waals surface area contributed by atoms with Gasteiger partial charge in [-0.05, 0) is 54.1 Å². The van der Waals surface area contributed by atoms with Crippen LogP contribution >= 0.6 is 0 Å². The molecule has 96 valence electrons. The van der Waals surface area contributed by atoms with Crippen LogP contribution in [-0.4, -0.2) is 11.1 Å². The average molecular weight is 252 g/mol. The molecule has 0 radical (unpaired) electrons. The molecular formula is C17H16O2. The van der Waals surface area contributed by atoms with Crippen molar-refractivity contribution in [3.63, 3.8) is 0 Å². The van der Waals surface area contributed by atoms with E-state index in [1.807, 2.05) is 24.3 Å².